The monoisotopic (exact) mass is 360 g/mol. The van der Waals surface area contributed by atoms with Gasteiger partial charge in [-0.25, -0.2) is 9.07 Å². The highest BCUT2D eigenvalue weighted by molar-refractivity contribution is 5.92. The fourth-order valence-electron chi connectivity index (χ4n) is 3.12. The van der Waals surface area contributed by atoms with E-state index in [4.69, 9.17) is 5.11 Å². The Labute approximate surface area is 150 Å². The van der Waals surface area contributed by atoms with Gasteiger partial charge in [-0.15, -0.1) is 0 Å². The number of rotatable bonds is 7. The molecule has 1 aromatic heterocycles. The molecule has 0 saturated heterocycles. The summed E-state index contributed by atoms with van der Waals surface area (Å²) in [5.74, 6) is -1.44. The standard InChI is InChI=1S/C18H21FN4O3/c1-2-22(11-17(24)25)15-9-13(10-15)20-18(26)16-7-8-23(21-16)14-5-3-12(19)4-6-14/h3-8,13,15H,2,9-11H2,1H3,(H,20,26)(H,24,25). The van der Waals surface area contributed by atoms with E-state index in [9.17, 15) is 14.0 Å². The third kappa shape index (κ3) is 4.08. The number of aliphatic carboxylic acids is 1. The number of benzene rings is 1. The average Bonchev–Trinajstić information content (AvgIpc) is 3.06. The minimum Gasteiger partial charge on any atom is -0.480 e. The molecule has 7 nitrogen and oxygen atoms in total. The van der Waals surface area contributed by atoms with Crippen molar-refractivity contribution in [2.75, 3.05) is 13.1 Å². The number of likely N-dealkylation sites (N-methyl/N-ethyl adjacent to an activating group) is 1. The molecule has 1 aliphatic carbocycles. The number of aromatic nitrogens is 2. The molecule has 1 aliphatic rings. The van der Waals surface area contributed by atoms with Crippen LogP contribution in [0.1, 0.15) is 30.3 Å². The van der Waals surface area contributed by atoms with Crippen LogP contribution in [-0.4, -0.2) is 56.8 Å². The lowest BCUT2D eigenvalue weighted by Gasteiger charge is -2.42. The summed E-state index contributed by atoms with van der Waals surface area (Å²) < 4.78 is 14.5. The molecule has 1 fully saturated rings. The van der Waals surface area contributed by atoms with Gasteiger partial charge in [0.05, 0.1) is 12.2 Å². The summed E-state index contributed by atoms with van der Waals surface area (Å²) >= 11 is 0. The van der Waals surface area contributed by atoms with Crippen molar-refractivity contribution in [3.8, 4) is 5.69 Å². The zero-order valence-electron chi connectivity index (χ0n) is 14.4. The average molecular weight is 360 g/mol. The van der Waals surface area contributed by atoms with Gasteiger partial charge in [-0.2, -0.15) is 5.10 Å². The maximum Gasteiger partial charge on any atom is 0.317 e. The molecule has 0 atom stereocenters. The summed E-state index contributed by atoms with van der Waals surface area (Å²) in [7, 11) is 0. The van der Waals surface area contributed by atoms with Crippen LogP contribution in [0.2, 0.25) is 0 Å². The van der Waals surface area contributed by atoms with E-state index in [1.165, 1.54) is 16.8 Å². The molecule has 0 unspecified atom stereocenters. The summed E-state index contributed by atoms with van der Waals surface area (Å²) in [6.07, 6.45) is 3.11. The smallest absolute Gasteiger partial charge is 0.317 e. The van der Waals surface area contributed by atoms with Gasteiger partial charge in [0.15, 0.2) is 5.69 Å². The largest absolute Gasteiger partial charge is 0.480 e. The Kier molecular flexibility index (Phi) is 5.32. The maximum atomic E-state index is 13.0. The lowest BCUT2D eigenvalue weighted by atomic mass is 9.85. The third-order valence-corrected chi connectivity index (χ3v) is 4.62. The Bertz CT molecular complexity index is 784. The van der Waals surface area contributed by atoms with Crippen molar-refractivity contribution in [1.29, 1.82) is 0 Å². The fraction of sp³-hybridized carbons (Fsp3) is 0.389. The van der Waals surface area contributed by atoms with Crippen LogP contribution in [0.15, 0.2) is 36.5 Å². The van der Waals surface area contributed by atoms with Gasteiger partial charge in [-0.3, -0.25) is 14.5 Å². The molecule has 8 heteroatoms. The van der Waals surface area contributed by atoms with Gasteiger partial charge < -0.3 is 10.4 Å². The number of carbonyl (C=O) groups is 2. The second kappa shape index (κ2) is 7.65. The summed E-state index contributed by atoms with van der Waals surface area (Å²) in [5, 5.41) is 16.1. The van der Waals surface area contributed by atoms with E-state index >= 15 is 0 Å². The van der Waals surface area contributed by atoms with Gasteiger partial charge in [-0.1, -0.05) is 6.92 Å². The van der Waals surface area contributed by atoms with E-state index in [1.54, 1.807) is 24.4 Å². The molecular weight excluding hydrogens is 339 g/mol. The summed E-state index contributed by atoms with van der Waals surface area (Å²) in [5.41, 5.74) is 0.956. The van der Waals surface area contributed by atoms with Crippen LogP contribution < -0.4 is 5.32 Å². The van der Waals surface area contributed by atoms with Crippen molar-refractivity contribution >= 4 is 11.9 Å². The second-order valence-corrected chi connectivity index (χ2v) is 6.37. The lowest BCUT2D eigenvalue weighted by Crippen LogP contribution is -2.54. The van der Waals surface area contributed by atoms with Crippen molar-refractivity contribution < 1.29 is 19.1 Å². The Balaban J connectivity index is 1.54. The molecular formula is C18H21FN4O3. The van der Waals surface area contributed by atoms with Crippen LogP contribution in [0.5, 0.6) is 0 Å². The zero-order chi connectivity index (χ0) is 18.7. The Morgan fingerprint density at radius 3 is 2.62 bits per heavy atom. The number of hydrogen-bond donors (Lipinski definition) is 2. The SMILES string of the molecule is CCN(CC(=O)O)C1CC(NC(=O)c2ccn(-c3ccc(F)cc3)n2)C1. The first kappa shape index (κ1) is 18.1. The zero-order valence-corrected chi connectivity index (χ0v) is 14.4. The molecule has 138 valence electrons. The molecule has 2 aromatic rings. The first-order valence-corrected chi connectivity index (χ1v) is 8.54. The number of carbonyl (C=O) groups excluding carboxylic acids is 1. The molecule has 1 saturated carbocycles. The number of halogens is 1. The molecule has 26 heavy (non-hydrogen) atoms. The van der Waals surface area contributed by atoms with Crippen LogP contribution in [-0.2, 0) is 4.79 Å². The normalized spacial score (nSPS) is 19.2. The third-order valence-electron chi connectivity index (χ3n) is 4.62. The van der Waals surface area contributed by atoms with Crippen molar-refractivity contribution in [2.24, 2.45) is 0 Å². The molecule has 0 aliphatic heterocycles. The van der Waals surface area contributed by atoms with Crippen molar-refractivity contribution in [3.63, 3.8) is 0 Å². The van der Waals surface area contributed by atoms with Crippen LogP contribution >= 0.6 is 0 Å². The molecule has 0 spiro atoms. The fourth-order valence-corrected chi connectivity index (χ4v) is 3.12. The van der Waals surface area contributed by atoms with Crippen molar-refractivity contribution in [3.05, 3.63) is 48.0 Å². The molecule has 1 heterocycles. The number of carboxylic acids is 1. The molecule has 3 rings (SSSR count). The Hall–Kier alpha value is -2.74. The van der Waals surface area contributed by atoms with Gasteiger partial charge >= 0.3 is 5.97 Å². The summed E-state index contributed by atoms with van der Waals surface area (Å²) in [4.78, 5) is 25.1. The lowest BCUT2D eigenvalue weighted by molar-refractivity contribution is -0.139. The molecule has 1 aromatic carbocycles. The van der Waals surface area contributed by atoms with Gasteiger partial charge in [0.1, 0.15) is 5.82 Å². The number of nitrogens with zero attached hydrogens (tertiary/aromatic N) is 3. The van der Waals surface area contributed by atoms with E-state index in [0.29, 0.717) is 12.2 Å². The number of carboxylic acid groups (broad SMARTS) is 1. The molecule has 2 N–H and O–H groups in total. The van der Waals surface area contributed by atoms with E-state index in [0.717, 1.165) is 12.8 Å². The molecule has 1 amide bonds. The second-order valence-electron chi connectivity index (χ2n) is 6.37. The number of amides is 1. The first-order valence-electron chi connectivity index (χ1n) is 8.54. The van der Waals surface area contributed by atoms with Crippen LogP contribution in [0.25, 0.3) is 5.69 Å². The van der Waals surface area contributed by atoms with Crippen molar-refractivity contribution in [2.45, 2.75) is 31.8 Å². The maximum absolute atomic E-state index is 13.0. The number of hydrogen-bond acceptors (Lipinski definition) is 4. The van der Waals surface area contributed by atoms with Crippen LogP contribution in [0.3, 0.4) is 0 Å². The van der Waals surface area contributed by atoms with Crippen molar-refractivity contribution in [1.82, 2.24) is 20.0 Å². The van der Waals surface area contributed by atoms with Crippen LogP contribution in [0, 0.1) is 5.82 Å². The predicted octanol–water partition coefficient (Wildman–Crippen LogP) is 1.68. The topological polar surface area (TPSA) is 87.5 Å². The predicted molar refractivity (Wildman–Crippen MR) is 92.7 cm³/mol. The minimum atomic E-state index is -0.842. The van der Waals surface area contributed by atoms with E-state index in [2.05, 4.69) is 10.4 Å². The first-order chi connectivity index (χ1) is 12.5. The highest BCUT2D eigenvalue weighted by Crippen LogP contribution is 2.25. The number of nitrogens with one attached hydrogen (secondary N) is 1. The van der Waals surface area contributed by atoms with Crippen LogP contribution in [0.4, 0.5) is 4.39 Å². The van der Waals surface area contributed by atoms with Gasteiger partial charge in [-0.05, 0) is 49.7 Å². The van der Waals surface area contributed by atoms with Gasteiger partial charge in [0.25, 0.3) is 5.91 Å². The Morgan fingerprint density at radius 1 is 1.31 bits per heavy atom. The molecule has 0 bridgehead atoms. The highest BCUT2D eigenvalue weighted by Gasteiger charge is 2.35. The van der Waals surface area contributed by atoms with Gasteiger partial charge in [0, 0.05) is 18.3 Å². The quantitative estimate of drug-likeness (QED) is 0.784. The summed E-state index contributed by atoms with van der Waals surface area (Å²) in [6, 6.07) is 7.65. The molecule has 0 radical (unpaired) electrons. The Morgan fingerprint density at radius 2 is 2.00 bits per heavy atom. The van der Waals surface area contributed by atoms with E-state index in [-0.39, 0.29) is 36.0 Å². The van der Waals surface area contributed by atoms with E-state index in [1.807, 2.05) is 11.8 Å². The highest BCUT2D eigenvalue weighted by atomic mass is 19.1. The van der Waals surface area contributed by atoms with Gasteiger partial charge in [0.2, 0.25) is 0 Å². The minimum absolute atomic E-state index is 0.0178. The van der Waals surface area contributed by atoms with E-state index < -0.39 is 5.97 Å². The summed E-state index contributed by atoms with van der Waals surface area (Å²) in [6.45, 7) is 2.61.